The zero-order valence-corrected chi connectivity index (χ0v) is 11.6. The van der Waals surface area contributed by atoms with Gasteiger partial charge in [-0.25, -0.2) is 4.39 Å². The lowest BCUT2D eigenvalue weighted by Crippen LogP contribution is -2.40. The number of fused-ring (bicyclic) bond motifs is 1. The molecule has 0 bridgehead atoms. The maximum atomic E-state index is 13.5. The molecule has 2 aromatic carbocycles. The molecule has 2 aromatic rings. The molecule has 0 aliphatic carbocycles. The highest BCUT2D eigenvalue weighted by Crippen LogP contribution is 2.41. The molecule has 0 saturated carbocycles. The molecular formula is C16H16FNO3. The summed E-state index contributed by atoms with van der Waals surface area (Å²) in [6.45, 7) is 1.80. The van der Waals surface area contributed by atoms with Crippen molar-refractivity contribution >= 4 is 5.69 Å². The highest BCUT2D eigenvalue weighted by molar-refractivity contribution is 5.56. The Morgan fingerprint density at radius 2 is 2.10 bits per heavy atom. The molecule has 0 spiro atoms. The summed E-state index contributed by atoms with van der Waals surface area (Å²) >= 11 is 0. The third-order valence-corrected chi connectivity index (χ3v) is 3.65. The highest BCUT2D eigenvalue weighted by atomic mass is 19.1. The van der Waals surface area contributed by atoms with Crippen LogP contribution in [0.4, 0.5) is 10.1 Å². The number of nitrogens with one attached hydrogen (secondary N) is 1. The second-order valence-electron chi connectivity index (χ2n) is 5.35. The second-order valence-corrected chi connectivity index (χ2v) is 5.35. The molecule has 0 radical (unpaired) electrons. The first-order chi connectivity index (χ1) is 10.0. The lowest BCUT2D eigenvalue weighted by atomic mass is 9.92. The van der Waals surface area contributed by atoms with Crippen molar-refractivity contribution in [1.29, 1.82) is 0 Å². The van der Waals surface area contributed by atoms with Gasteiger partial charge in [-0.3, -0.25) is 0 Å². The third-order valence-electron chi connectivity index (χ3n) is 3.65. The number of phenolic OH excluding ortho intramolecular Hbond substituents is 1. The minimum absolute atomic E-state index is 0.101. The van der Waals surface area contributed by atoms with Crippen molar-refractivity contribution in [3.8, 4) is 11.5 Å². The Labute approximate surface area is 121 Å². The summed E-state index contributed by atoms with van der Waals surface area (Å²) in [6.07, 6.45) is 0. The normalized spacial score (nSPS) is 20.0. The smallest absolute Gasteiger partial charge is 0.128 e. The van der Waals surface area contributed by atoms with Gasteiger partial charge < -0.3 is 20.3 Å². The number of phenols is 1. The van der Waals surface area contributed by atoms with Crippen molar-refractivity contribution in [3.63, 3.8) is 0 Å². The van der Waals surface area contributed by atoms with Gasteiger partial charge in [0.05, 0.1) is 6.61 Å². The fourth-order valence-electron chi connectivity index (χ4n) is 2.66. The van der Waals surface area contributed by atoms with E-state index < -0.39 is 5.54 Å². The number of hydrogen-bond acceptors (Lipinski definition) is 4. The number of anilines is 1. The number of halogens is 1. The van der Waals surface area contributed by atoms with Crippen LogP contribution in [-0.4, -0.2) is 23.4 Å². The average molecular weight is 289 g/mol. The largest absolute Gasteiger partial charge is 0.508 e. The van der Waals surface area contributed by atoms with Crippen LogP contribution in [0.3, 0.4) is 0 Å². The molecule has 1 unspecified atom stereocenters. The molecule has 0 fully saturated rings. The fraction of sp³-hybridized carbons (Fsp3) is 0.250. The van der Waals surface area contributed by atoms with E-state index in [0.717, 1.165) is 11.1 Å². The molecule has 21 heavy (non-hydrogen) atoms. The number of aliphatic hydroxyl groups is 1. The monoisotopic (exact) mass is 289 g/mol. The van der Waals surface area contributed by atoms with Crippen molar-refractivity contribution < 1.29 is 19.3 Å². The molecule has 1 heterocycles. The first-order valence-electron chi connectivity index (χ1n) is 6.65. The Hall–Kier alpha value is -2.27. The molecular weight excluding hydrogens is 273 g/mol. The summed E-state index contributed by atoms with van der Waals surface area (Å²) in [6, 6.07) is 9.37. The van der Waals surface area contributed by atoms with Crippen LogP contribution in [-0.2, 0) is 5.54 Å². The predicted octanol–water partition coefficient (Wildman–Crippen LogP) is 2.53. The number of ether oxygens (including phenoxy) is 1. The molecule has 1 aliphatic heterocycles. The van der Waals surface area contributed by atoms with E-state index in [0.29, 0.717) is 11.4 Å². The maximum absolute atomic E-state index is 13.5. The van der Waals surface area contributed by atoms with E-state index in [1.54, 1.807) is 19.1 Å². The minimum Gasteiger partial charge on any atom is -0.508 e. The Bertz CT molecular complexity index is 669. The number of rotatable bonds is 3. The summed E-state index contributed by atoms with van der Waals surface area (Å²) < 4.78 is 19.1. The minimum atomic E-state index is -0.844. The van der Waals surface area contributed by atoms with E-state index >= 15 is 0 Å². The van der Waals surface area contributed by atoms with Gasteiger partial charge in [0.1, 0.15) is 29.5 Å². The maximum Gasteiger partial charge on any atom is 0.128 e. The average Bonchev–Trinajstić information content (AvgIpc) is 2.76. The Morgan fingerprint density at radius 3 is 2.81 bits per heavy atom. The van der Waals surface area contributed by atoms with Crippen LogP contribution < -0.4 is 10.1 Å². The molecule has 1 aliphatic rings. The molecule has 0 amide bonds. The van der Waals surface area contributed by atoms with Crippen molar-refractivity contribution in [1.82, 2.24) is 0 Å². The molecule has 3 N–H and O–H groups in total. The van der Waals surface area contributed by atoms with Crippen molar-refractivity contribution in [2.45, 2.75) is 12.5 Å². The zero-order valence-electron chi connectivity index (χ0n) is 11.6. The Kier molecular flexibility index (Phi) is 3.22. The first kappa shape index (κ1) is 13.7. The first-order valence-corrected chi connectivity index (χ1v) is 6.65. The van der Waals surface area contributed by atoms with Crippen LogP contribution >= 0.6 is 0 Å². The highest BCUT2D eigenvalue weighted by Gasteiger charge is 2.40. The molecule has 3 rings (SSSR count). The number of hydrogen-bond donors (Lipinski definition) is 3. The van der Waals surface area contributed by atoms with Crippen molar-refractivity contribution in [3.05, 3.63) is 53.3 Å². The van der Waals surface area contributed by atoms with Gasteiger partial charge in [-0.1, -0.05) is 0 Å². The summed E-state index contributed by atoms with van der Waals surface area (Å²) in [5, 5.41) is 22.5. The van der Waals surface area contributed by atoms with Gasteiger partial charge in [-0.05, 0) is 42.8 Å². The Morgan fingerprint density at radius 1 is 1.29 bits per heavy atom. The van der Waals surface area contributed by atoms with Gasteiger partial charge in [0.2, 0.25) is 0 Å². The standard InChI is InChI=1S/C16H16FNO3/c1-10-4-11(17)6-12(5-10)18-16(8-19)9-21-15-7-13(20)2-3-14(15)16/h2-7,18-20H,8-9H2,1H3. The van der Waals surface area contributed by atoms with Crippen LogP contribution in [0, 0.1) is 12.7 Å². The van der Waals surface area contributed by atoms with Gasteiger partial charge in [-0.2, -0.15) is 0 Å². The summed E-state index contributed by atoms with van der Waals surface area (Å²) in [5.41, 5.74) is 1.26. The predicted molar refractivity (Wildman–Crippen MR) is 77.1 cm³/mol. The van der Waals surface area contributed by atoms with Crippen molar-refractivity contribution in [2.75, 3.05) is 18.5 Å². The van der Waals surface area contributed by atoms with Gasteiger partial charge >= 0.3 is 0 Å². The number of benzene rings is 2. The molecule has 0 saturated heterocycles. The molecule has 4 nitrogen and oxygen atoms in total. The second kappa shape index (κ2) is 4.93. The molecule has 5 heteroatoms. The van der Waals surface area contributed by atoms with E-state index in [1.807, 2.05) is 0 Å². The lowest BCUT2D eigenvalue weighted by molar-refractivity contribution is 0.177. The summed E-state index contributed by atoms with van der Waals surface area (Å²) in [7, 11) is 0. The molecule has 110 valence electrons. The van der Waals surface area contributed by atoms with Gasteiger partial charge in [0.15, 0.2) is 0 Å². The van der Waals surface area contributed by atoms with Crippen LogP contribution in [0.5, 0.6) is 11.5 Å². The quantitative estimate of drug-likeness (QED) is 0.812. The number of aromatic hydroxyl groups is 1. The van der Waals surface area contributed by atoms with Crippen LogP contribution in [0.25, 0.3) is 0 Å². The van der Waals surface area contributed by atoms with Gasteiger partial charge in [0, 0.05) is 17.3 Å². The van der Waals surface area contributed by atoms with E-state index in [-0.39, 0.29) is 24.8 Å². The van der Waals surface area contributed by atoms with Crippen LogP contribution in [0.15, 0.2) is 36.4 Å². The topological polar surface area (TPSA) is 61.7 Å². The van der Waals surface area contributed by atoms with E-state index in [4.69, 9.17) is 4.74 Å². The summed E-state index contributed by atoms with van der Waals surface area (Å²) in [5.74, 6) is 0.282. The Balaban J connectivity index is 2.00. The van der Waals surface area contributed by atoms with Crippen molar-refractivity contribution in [2.24, 2.45) is 0 Å². The zero-order chi connectivity index (χ0) is 15.0. The van der Waals surface area contributed by atoms with Crippen LogP contribution in [0.1, 0.15) is 11.1 Å². The van der Waals surface area contributed by atoms with E-state index in [2.05, 4.69) is 5.32 Å². The SMILES string of the molecule is Cc1cc(F)cc(NC2(CO)COc3cc(O)ccc32)c1. The number of aryl methyl sites for hydroxylation is 1. The van der Waals surface area contributed by atoms with Crippen LogP contribution in [0.2, 0.25) is 0 Å². The van der Waals surface area contributed by atoms with Gasteiger partial charge in [0.25, 0.3) is 0 Å². The van der Waals surface area contributed by atoms with E-state index in [1.165, 1.54) is 24.3 Å². The van der Waals surface area contributed by atoms with Gasteiger partial charge in [-0.15, -0.1) is 0 Å². The molecule has 1 atom stereocenters. The lowest BCUT2D eigenvalue weighted by Gasteiger charge is -2.28. The fourth-order valence-corrected chi connectivity index (χ4v) is 2.66. The summed E-state index contributed by atoms with van der Waals surface area (Å²) in [4.78, 5) is 0. The van der Waals surface area contributed by atoms with E-state index in [9.17, 15) is 14.6 Å². The number of aliphatic hydroxyl groups excluding tert-OH is 1. The third kappa shape index (κ3) is 2.40. The molecule has 0 aromatic heterocycles.